The maximum atomic E-state index is 6.16. The van der Waals surface area contributed by atoms with Crippen LogP contribution >= 0.6 is 11.6 Å². The van der Waals surface area contributed by atoms with Crippen molar-refractivity contribution in [2.45, 2.75) is 45.1 Å². The van der Waals surface area contributed by atoms with Crippen LogP contribution in [0.25, 0.3) is 0 Å². The number of hydrogen-bond donors (Lipinski definition) is 1. The van der Waals surface area contributed by atoms with Crippen LogP contribution in [0.3, 0.4) is 0 Å². The molecule has 4 nitrogen and oxygen atoms in total. The van der Waals surface area contributed by atoms with Crippen LogP contribution in [0.15, 0.2) is 0 Å². The van der Waals surface area contributed by atoms with Crippen molar-refractivity contribution in [2.75, 3.05) is 26.0 Å². The maximum absolute atomic E-state index is 6.16. The molecule has 1 fully saturated rings. The van der Waals surface area contributed by atoms with Gasteiger partial charge in [0.15, 0.2) is 11.0 Å². The lowest BCUT2D eigenvalue weighted by Gasteiger charge is -2.36. The zero-order valence-electron chi connectivity index (χ0n) is 12.3. The normalized spacial score (nSPS) is 18.0. The van der Waals surface area contributed by atoms with Gasteiger partial charge in [-0.1, -0.05) is 24.4 Å². The van der Waals surface area contributed by atoms with Crippen LogP contribution in [-0.2, 0) is 0 Å². The van der Waals surface area contributed by atoms with E-state index in [0.717, 1.165) is 17.9 Å². The fraction of sp³-hybridized carbons (Fsp3) is 0.714. The van der Waals surface area contributed by atoms with Gasteiger partial charge in [0.1, 0.15) is 0 Å². The molecule has 0 saturated heterocycles. The molecule has 106 valence electrons. The van der Waals surface area contributed by atoms with Gasteiger partial charge in [0.2, 0.25) is 0 Å². The van der Waals surface area contributed by atoms with Crippen molar-refractivity contribution in [1.82, 2.24) is 14.9 Å². The summed E-state index contributed by atoms with van der Waals surface area (Å²) in [6, 6.07) is 0. The quantitative estimate of drug-likeness (QED) is 0.922. The first-order valence-corrected chi connectivity index (χ1v) is 7.24. The molecule has 1 N–H and O–H groups in total. The molecule has 19 heavy (non-hydrogen) atoms. The van der Waals surface area contributed by atoms with E-state index in [1.54, 1.807) is 0 Å². The topological polar surface area (TPSA) is 41.1 Å². The Balaban J connectivity index is 2.11. The average molecular weight is 283 g/mol. The summed E-state index contributed by atoms with van der Waals surface area (Å²) in [5, 5.41) is 3.87. The molecule has 1 aromatic heterocycles. The Morgan fingerprint density at radius 3 is 2.32 bits per heavy atom. The molecule has 0 bridgehead atoms. The lowest BCUT2D eigenvalue weighted by molar-refractivity contribution is 0.172. The van der Waals surface area contributed by atoms with Crippen molar-refractivity contribution in [3.63, 3.8) is 0 Å². The summed E-state index contributed by atoms with van der Waals surface area (Å²) in [6.07, 6.45) is 5.05. The fourth-order valence-corrected chi connectivity index (χ4v) is 2.99. The highest BCUT2D eigenvalue weighted by Gasteiger charge is 2.35. The van der Waals surface area contributed by atoms with Gasteiger partial charge in [0.25, 0.3) is 0 Å². The minimum Gasteiger partial charge on any atom is -0.366 e. The molecule has 1 heterocycles. The number of aryl methyl sites for hydroxylation is 2. The van der Waals surface area contributed by atoms with E-state index in [1.807, 2.05) is 13.8 Å². The number of halogens is 1. The third kappa shape index (κ3) is 3.00. The lowest BCUT2D eigenvalue weighted by Crippen LogP contribution is -2.47. The van der Waals surface area contributed by atoms with E-state index in [9.17, 15) is 0 Å². The van der Waals surface area contributed by atoms with Gasteiger partial charge in [-0.05, 0) is 40.8 Å². The molecule has 0 aliphatic heterocycles. The maximum Gasteiger partial charge on any atom is 0.171 e. The summed E-state index contributed by atoms with van der Waals surface area (Å²) in [4.78, 5) is 11.1. The van der Waals surface area contributed by atoms with Gasteiger partial charge < -0.3 is 10.2 Å². The lowest BCUT2D eigenvalue weighted by atomic mass is 9.96. The minimum atomic E-state index is 0.226. The number of hydrogen-bond acceptors (Lipinski definition) is 4. The Labute approximate surface area is 120 Å². The van der Waals surface area contributed by atoms with Crippen molar-refractivity contribution in [2.24, 2.45) is 0 Å². The number of aromatic nitrogens is 2. The van der Waals surface area contributed by atoms with Gasteiger partial charge in [-0.15, -0.1) is 0 Å². The second-order valence-electron chi connectivity index (χ2n) is 5.71. The van der Waals surface area contributed by atoms with E-state index in [-0.39, 0.29) is 5.54 Å². The summed E-state index contributed by atoms with van der Waals surface area (Å²) < 4.78 is 0. The third-order valence-electron chi connectivity index (χ3n) is 4.33. The van der Waals surface area contributed by atoms with Crippen molar-refractivity contribution >= 4 is 17.4 Å². The number of anilines is 1. The summed E-state index contributed by atoms with van der Waals surface area (Å²) in [5.41, 5.74) is 2.04. The predicted octanol–water partition coefficient (Wildman–Crippen LogP) is 3.03. The second kappa shape index (κ2) is 5.63. The zero-order valence-corrected chi connectivity index (χ0v) is 13.0. The second-order valence-corrected chi connectivity index (χ2v) is 6.07. The van der Waals surface area contributed by atoms with E-state index < -0.39 is 0 Å². The first-order valence-electron chi connectivity index (χ1n) is 6.87. The van der Waals surface area contributed by atoms with Crippen molar-refractivity contribution in [3.8, 4) is 0 Å². The van der Waals surface area contributed by atoms with Gasteiger partial charge >= 0.3 is 0 Å². The minimum absolute atomic E-state index is 0.226. The standard InChI is InChI=1S/C14H23ClN4/c1-10-11(2)18-13(12(15)17-10)16-9-14(19(3)4)7-5-6-8-14/h5-9H2,1-4H3,(H,16,18). The van der Waals surface area contributed by atoms with Crippen molar-refractivity contribution < 1.29 is 0 Å². The van der Waals surface area contributed by atoms with Crippen molar-refractivity contribution in [1.29, 1.82) is 0 Å². The highest BCUT2D eigenvalue weighted by atomic mass is 35.5. The van der Waals surface area contributed by atoms with E-state index in [1.165, 1.54) is 25.7 Å². The number of nitrogens with zero attached hydrogens (tertiary/aromatic N) is 3. The number of likely N-dealkylation sites (N-methyl/N-ethyl adjacent to an activating group) is 1. The molecule has 0 radical (unpaired) electrons. The van der Waals surface area contributed by atoms with Crippen LogP contribution in [0.1, 0.15) is 37.1 Å². The van der Waals surface area contributed by atoms with Crippen LogP contribution in [-0.4, -0.2) is 41.0 Å². The first-order chi connectivity index (χ1) is 8.94. The first kappa shape index (κ1) is 14.5. The Morgan fingerprint density at radius 2 is 1.74 bits per heavy atom. The van der Waals surface area contributed by atoms with Gasteiger partial charge in [0.05, 0.1) is 11.4 Å². The highest BCUT2D eigenvalue weighted by Crippen LogP contribution is 2.34. The SMILES string of the molecule is Cc1nc(Cl)c(NCC2(N(C)C)CCCC2)nc1C. The molecule has 2 rings (SSSR count). The largest absolute Gasteiger partial charge is 0.366 e. The molecule has 0 atom stereocenters. The zero-order chi connectivity index (χ0) is 14.0. The molecule has 1 aliphatic rings. The van der Waals surface area contributed by atoms with E-state index >= 15 is 0 Å². The van der Waals surface area contributed by atoms with Crippen molar-refractivity contribution in [3.05, 3.63) is 16.5 Å². The van der Waals surface area contributed by atoms with E-state index in [4.69, 9.17) is 11.6 Å². The number of nitrogens with one attached hydrogen (secondary N) is 1. The molecule has 5 heteroatoms. The molecule has 0 amide bonds. The smallest absolute Gasteiger partial charge is 0.171 e. The Hall–Kier alpha value is -0.870. The monoisotopic (exact) mass is 282 g/mol. The summed E-state index contributed by atoms with van der Waals surface area (Å²) in [5.74, 6) is 0.706. The van der Waals surface area contributed by atoms with Crippen LogP contribution in [0, 0.1) is 13.8 Å². The third-order valence-corrected chi connectivity index (χ3v) is 4.60. The molecular weight excluding hydrogens is 260 g/mol. The molecular formula is C14H23ClN4. The van der Waals surface area contributed by atoms with E-state index in [0.29, 0.717) is 11.0 Å². The summed E-state index contributed by atoms with van der Waals surface area (Å²) in [7, 11) is 4.31. The number of rotatable bonds is 4. The summed E-state index contributed by atoms with van der Waals surface area (Å²) >= 11 is 6.16. The van der Waals surface area contributed by atoms with Gasteiger partial charge in [0, 0.05) is 12.1 Å². The van der Waals surface area contributed by atoms with Crippen LogP contribution in [0.5, 0.6) is 0 Å². The molecule has 1 saturated carbocycles. The molecule has 1 aromatic rings. The Morgan fingerprint density at radius 1 is 1.16 bits per heavy atom. The van der Waals surface area contributed by atoms with Gasteiger partial charge in [-0.2, -0.15) is 0 Å². The van der Waals surface area contributed by atoms with Crippen LogP contribution in [0.4, 0.5) is 5.82 Å². The highest BCUT2D eigenvalue weighted by molar-refractivity contribution is 6.31. The Bertz CT molecular complexity index is 453. The van der Waals surface area contributed by atoms with Gasteiger partial charge in [-0.3, -0.25) is 0 Å². The predicted molar refractivity (Wildman–Crippen MR) is 79.9 cm³/mol. The van der Waals surface area contributed by atoms with E-state index in [2.05, 4.69) is 34.3 Å². The fourth-order valence-electron chi connectivity index (χ4n) is 2.75. The Kier molecular flexibility index (Phi) is 4.31. The molecule has 0 spiro atoms. The average Bonchev–Trinajstić information content (AvgIpc) is 2.82. The van der Waals surface area contributed by atoms with Crippen LogP contribution in [0.2, 0.25) is 5.15 Å². The molecule has 0 unspecified atom stereocenters. The molecule has 0 aromatic carbocycles. The molecule has 1 aliphatic carbocycles. The van der Waals surface area contributed by atoms with Crippen LogP contribution < -0.4 is 5.32 Å². The summed E-state index contributed by atoms with van der Waals surface area (Å²) in [6.45, 7) is 4.76. The van der Waals surface area contributed by atoms with Gasteiger partial charge in [-0.25, -0.2) is 9.97 Å².